The minimum Gasteiger partial charge on any atom is -0.296 e. The van der Waals surface area contributed by atoms with Gasteiger partial charge in [0.1, 0.15) is 0 Å². The van der Waals surface area contributed by atoms with Gasteiger partial charge < -0.3 is 0 Å². The first-order valence-electron chi connectivity index (χ1n) is 6.37. The lowest BCUT2D eigenvalue weighted by atomic mass is 9.66. The summed E-state index contributed by atoms with van der Waals surface area (Å²) in [5, 5.41) is 2.45. The average molecular weight is 223 g/mol. The number of hydrogen-bond acceptors (Lipinski definition) is 2. The molecular formula is C13H21NO2. The Morgan fingerprint density at radius 2 is 1.94 bits per heavy atom. The van der Waals surface area contributed by atoms with Crippen LogP contribution in [0.3, 0.4) is 0 Å². The number of amides is 2. The van der Waals surface area contributed by atoms with E-state index in [-0.39, 0.29) is 23.1 Å². The Morgan fingerprint density at radius 3 is 2.69 bits per heavy atom. The smallest absolute Gasteiger partial charge is 0.229 e. The van der Waals surface area contributed by atoms with E-state index in [1.54, 1.807) is 0 Å². The summed E-state index contributed by atoms with van der Waals surface area (Å²) >= 11 is 0. The van der Waals surface area contributed by atoms with Gasteiger partial charge in [-0.2, -0.15) is 0 Å². The van der Waals surface area contributed by atoms with E-state index in [0.717, 1.165) is 31.6 Å². The highest BCUT2D eigenvalue weighted by atomic mass is 16.2. The summed E-state index contributed by atoms with van der Waals surface area (Å²) < 4.78 is 0. The lowest BCUT2D eigenvalue weighted by Crippen LogP contribution is -2.50. The minimum absolute atomic E-state index is 0.00417. The molecule has 1 saturated heterocycles. The van der Waals surface area contributed by atoms with E-state index in [4.69, 9.17) is 0 Å². The number of imide groups is 1. The van der Waals surface area contributed by atoms with Gasteiger partial charge in [0.05, 0.1) is 0 Å². The molecule has 2 rings (SSSR count). The molecule has 1 aliphatic heterocycles. The monoisotopic (exact) mass is 223 g/mol. The maximum atomic E-state index is 11.7. The number of nitrogens with one attached hydrogen (secondary N) is 1. The third-order valence-electron chi connectivity index (χ3n) is 4.59. The number of rotatable bonds is 0. The highest BCUT2D eigenvalue weighted by molar-refractivity contribution is 5.99. The summed E-state index contributed by atoms with van der Waals surface area (Å²) in [5.41, 5.74) is -0.0375. The summed E-state index contributed by atoms with van der Waals surface area (Å²) in [6.45, 7) is 4.26. The van der Waals surface area contributed by atoms with Gasteiger partial charge in [-0.05, 0) is 24.2 Å². The van der Waals surface area contributed by atoms with E-state index >= 15 is 0 Å². The quantitative estimate of drug-likeness (QED) is 0.640. The summed E-state index contributed by atoms with van der Waals surface area (Å²) in [5.74, 6) is 0.602. The molecule has 0 radical (unpaired) electrons. The van der Waals surface area contributed by atoms with Crippen LogP contribution < -0.4 is 5.32 Å². The maximum absolute atomic E-state index is 11.7. The van der Waals surface area contributed by atoms with Crippen LogP contribution in [0, 0.1) is 17.3 Å². The van der Waals surface area contributed by atoms with E-state index in [2.05, 4.69) is 12.2 Å². The van der Waals surface area contributed by atoms with Crippen molar-refractivity contribution in [3.05, 3.63) is 0 Å². The fourth-order valence-corrected chi connectivity index (χ4v) is 3.26. The molecular weight excluding hydrogens is 202 g/mol. The zero-order valence-corrected chi connectivity index (χ0v) is 10.2. The predicted molar refractivity (Wildman–Crippen MR) is 61.6 cm³/mol. The van der Waals surface area contributed by atoms with Crippen LogP contribution in [-0.2, 0) is 9.59 Å². The van der Waals surface area contributed by atoms with Crippen LogP contribution in [0.2, 0.25) is 0 Å². The molecule has 2 fully saturated rings. The first-order valence-corrected chi connectivity index (χ1v) is 6.37. The van der Waals surface area contributed by atoms with Crippen molar-refractivity contribution in [3.8, 4) is 0 Å². The summed E-state index contributed by atoms with van der Waals surface area (Å²) in [6, 6.07) is 0. The standard InChI is InChI=1S/C13H21NO2/c1-9-4-3-6-13(7-5-9)8-11(15)14-12(16)10(13)2/h9-10H,3-8H2,1-2H3,(H,14,15,16). The lowest BCUT2D eigenvalue weighted by Gasteiger charge is -2.40. The van der Waals surface area contributed by atoms with Gasteiger partial charge in [0, 0.05) is 12.3 Å². The van der Waals surface area contributed by atoms with Crippen molar-refractivity contribution in [2.75, 3.05) is 0 Å². The van der Waals surface area contributed by atoms with Crippen LogP contribution in [0.25, 0.3) is 0 Å². The number of carbonyl (C=O) groups is 2. The predicted octanol–water partition coefficient (Wildman–Crippen LogP) is 2.26. The molecule has 2 aliphatic rings. The normalized spacial score (nSPS) is 40.6. The average Bonchev–Trinajstić information content (AvgIpc) is 2.39. The third-order valence-corrected chi connectivity index (χ3v) is 4.59. The molecule has 0 bridgehead atoms. The summed E-state index contributed by atoms with van der Waals surface area (Å²) in [4.78, 5) is 23.3. The fraction of sp³-hybridized carbons (Fsp3) is 0.846. The van der Waals surface area contributed by atoms with E-state index in [9.17, 15) is 9.59 Å². The molecule has 0 aromatic rings. The van der Waals surface area contributed by atoms with Gasteiger partial charge in [-0.15, -0.1) is 0 Å². The molecule has 3 nitrogen and oxygen atoms in total. The minimum atomic E-state index is -0.0716. The molecule has 90 valence electrons. The number of piperidine rings is 1. The van der Waals surface area contributed by atoms with Gasteiger partial charge in [-0.3, -0.25) is 14.9 Å². The first-order chi connectivity index (χ1) is 7.53. The molecule has 1 spiro atoms. The van der Waals surface area contributed by atoms with Crippen LogP contribution in [0.1, 0.15) is 52.4 Å². The van der Waals surface area contributed by atoms with Crippen LogP contribution in [0.4, 0.5) is 0 Å². The Balaban J connectivity index is 2.20. The van der Waals surface area contributed by atoms with Gasteiger partial charge in [0.25, 0.3) is 0 Å². The van der Waals surface area contributed by atoms with Crippen molar-refractivity contribution in [1.29, 1.82) is 0 Å². The Bertz CT molecular complexity index is 313. The van der Waals surface area contributed by atoms with Gasteiger partial charge in [-0.1, -0.05) is 33.1 Å². The van der Waals surface area contributed by atoms with Gasteiger partial charge in [0.15, 0.2) is 0 Å². The van der Waals surface area contributed by atoms with E-state index in [1.165, 1.54) is 6.42 Å². The first kappa shape index (κ1) is 11.6. The molecule has 2 amide bonds. The molecule has 1 aliphatic carbocycles. The summed E-state index contributed by atoms with van der Waals surface area (Å²) in [6.07, 6.45) is 6.18. The molecule has 0 aromatic heterocycles. The Hall–Kier alpha value is -0.860. The fourth-order valence-electron chi connectivity index (χ4n) is 3.26. The van der Waals surface area contributed by atoms with Gasteiger partial charge in [0.2, 0.25) is 11.8 Å². The molecule has 16 heavy (non-hydrogen) atoms. The highest BCUT2D eigenvalue weighted by Gasteiger charge is 2.46. The van der Waals surface area contributed by atoms with Crippen molar-refractivity contribution in [3.63, 3.8) is 0 Å². The maximum Gasteiger partial charge on any atom is 0.229 e. The Kier molecular flexibility index (Phi) is 3.04. The second-order valence-electron chi connectivity index (χ2n) is 5.71. The number of hydrogen-bond donors (Lipinski definition) is 1. The molecule has 1 heterocycles. The van der Waals surface area contributed by atoms with Crippen LogP contribution in [0.5, 0.6) is 0 Å². The van der Waals surface area contributed by atoms with Crippen molar-refractivity contribution in [2.24, 2.45) is 17.3 Å². The van der Waals surface area contributed by atoms with Crippen molar-refractivity contribution in [1.82, 2.24) is 5.32 Å². The highest BCUT2D eigenvalue weighted by Crippen LogP contribution is 2.47. The number of carbonyl (C=O) groups excluding carboxylic acids is 2. The largest absolute Gasteiger partial charge is 0.296 e. The zero-order valence-electron chi connectivity index (χ0n) is 10.2. The molecule has 3 unspecified atom stereocenters. The van der Waals surface area contributed by atoms with Crippen LogP contribution in [-0.4, -0.2) is 11.8 Å². The molecule has 1 saturated carbocycles. The van der Waals surface area contributed by atoms with E-state index < -0.39 is 0 Å². The zero-order chi connectivity index (χ0) is 11.8. The van der Waals surface area contributed by atoms with Crippen molar-refractivity contribution < 1.29 is 9.59 Å². The summed E-state index contributed by atoms with van der Waals surface area (Å²) in [7, 11) is 0. The van der Waals surface area contributed by atoms with Gasteiger partial charge >= 0.3 is 0 Å². The second kappa shape index (κ2) is 4.19. The molecule has 1 N–H and O–H groups in total. The molecule has 0 aromatic carbocycles. The second-order valence-corrected chi connectivity index (χ2v) is 5.71. The van der Waals surface area contributed by atoms with Crippen molar-refractivity contribution in [2.45, 2.75) is 52.4 Å². The Morgan fingerprint density at radius 1 is 1.19 bits per heavy atom. The van der Waals surface area contributed by atoms with Crippen molar-refractivity contribution >= 4 is 11.8 Å². The topological polar surface area (TPSA) is 46.2 Å². The van der Waals surface area contributed by atoms with Crippen LogP contribution in [0.15, 0.2) is 0 Å². The SMILES string of the molecule is CC1CCCC2(CC1)CC(=O)NC(=O)C2C. The van der Waals surface area contributed by atoms with E-state index in [1.807, 2.05) is 6.92 Å². The Labute approximate surface area is 97.0 Å². The van der Waals surface area contributed by atoms with Crippen LogP contribution >= 0.6 is 0 Å². The third kappa shape index (κ3) is 2.00. The van der Waals surface area contributed by atoms with E-state index in [0.29, 0.717) is 6.42 Å². The molecule has 3 heteroatoms. The van der Waals surface area contributed by atoms with Gasteiger partial charge in [-0.25, -0.2) is 0 Å². The lowest BCUT2D eigenvalue weighted by molar-refractivity contribution is -0.143. The molecule has 3 atom stereocenters.